The maximum Gasteiger partial charge on any atom is 0.227 e. The van der Waals surface area contributed by atoms with Crippen molar-refractivity contribution in [3.63, 3.8) is 0 Å². The molecule has 1 aliphatic heterocycles. The van der Waals surface area contributed by atoms with Crippen LogP contribution in [0.25, 0.3) is 11.0 Å². The number of aliphatic hydroxyl groups excluding tert-OH is 1. The molecule has 0 spiro atoms. The summed E-state index contributed by atoms with van der Waals surface area (Å²) in [6, 6.07) is 7.60. The van der Waals surface area contributed by atoms with Gasteiger partial charge in [0.05, 0.1) is 18.2 Å². The van der Waals surface area contributed by atoms with Gasteiger partial charge >= 0.3 is 0 Å². The van der Waals surface area contributed by atoms with E-state index in [2.05, 4.69) is 5.10 Å². The molecule has 0 aliphatic carbocycles. The van der Waals surface area contributed by atoms with Gasteiger partial charge in [-0.1, -0.05) is 12.1 Å². The highest BCUT2D eigenvalue weighted by Gasteiger charge is 2.30. The van der Waals surface area contributed by atoms with E-state index in [1.165, 1.54) is 6.92 Å². The zero-order valence-corrected chi connectivity index (χ0v) is 17.6. The first-order valence-electron chi connectivity index (χ1n) is 10.3. The molecule has 3 aromatic rings. The van der Waals surface area contributed by atoms with E-state index >= 15 is 0 Å². The monoisotopic (exact) mass is 409 g/mol. The van der Waals surface area contributed by atoms with Gasteiger partial charge in [0.15, 0.2) is 11.5 Å². The molecule has 1 aliphatic rings. The van der Waals surface area contributed by atoms with E-state index in [-0.39, 0.29) is 29.8 Å². The lowest BCUT2D eigenvalue weighted by atomic mass is 9.89. The topological polar surface area (TPSA) is 88.6 Å². The zero-order valence-electron chi connectivity index (χ0n) is 17.6. The molecule has 1 atom stereocenters. The lowest BCUT2D eigenvalue weighted by Gasteiger charge is -2.34. The third kappa shape index (κ3) is 3.77. The molecule has 30 heavy (non-hydrogen) atoms. The van der Waals surface area contributed by atoms with Crippen LogP contribution in [0.1, 0.15) is 53.2 Å². The van der Waals surface area contributed by atoms with Gasteiger partial charge in [-0.3, -0.25) is 14.3 Å². The number of hydrogen-bond donors (Lipinski definition) is 1. The Labute approximate surface area is 175 Å². The van der Waals surface area contributed by atoms with Gasteiger partial charge in [0.1, 0.15) is 5.58 Å². The number of aryl methyl sites for hydroxylation is 2. The van der Waals surface area contributed by atoms with Gasteiger partial charge in [-0.05, 0) is 43.4 Å². The Bertz CT molecular complexity index is 1090. The highest BCUT2D eigenvalue weighted by molar-refractivity contribution is 6.01. The summed E-state index contributed by atoms with van der Waals surface area (Å²) in [5, 5.41) is 15.6. The summed E-state index contributed by atoms with van der Waals surface area (Å²) in [7, 11) is 1.82. The first kappa shape index (κ1) is 20.3. The van der Waals surface area contributed by atoms with Crippen LogP contribution in [0.15, 0.2) is 34.9 Å². The number of rotatable bonds is 5. The number of fused-ring (bicyclic) bond motifs is 1. The van der Waals surface area contributed by atoms with Gasteiger partial charge in [-0.15, -0.1) is 0 Å². The number of nitrogens with zero attached hydrogens (tertiary/aromatic N) is 3. The van der Waals surface area contributed by atoms with Gasteiger partial charge < -0.3 is 14.4 Å². The third-order valence-electron chi connectivity index (χ3n) is 6.10. The van der Waals surface area contributed by atoms with E-state index < -0.39 is 6.10 Å². The van der Waals surface area contributed by atoms with E-state index in [0.717, 1.165) is 29.5 Å². The smallest absolute Gasteiger partial charge is 0.227 e. The van der Waals surface area contributed by atoms with Crippen LogP contribution < -0.4 is 0 Å². The summed E-state index contributed by atoms with van der Waals surface area (Å²) in [6.07, 6.45) is 2.69. The molecule has 1 saturated heterocycles. The molecule has 158 valence electrons. The van der Waals surface area contributed by atoms with Crippen molar-refractivity contribution < 1.29 is 19.1 Å². The Balaban J connectivity index is 1.46. The number of hydrogen-bond acceptors (Lipinski definition) is 5. The van der Waals surface area contributed by atoms with Crippen LogP contribution in [0.3, 0.4) is 0 Å². The molecule has 7 heteroatoms. The van der Waals surface area contributed by atoms with Crippen molar-refractivity contribution in [2.24, 2.45) is 13.0 Å². The highest BCUT2D eigenvalue weighted by Crippen LogP contribution is 2.32. The number of carbonyl (C=O) groups is 2. The predicted molar refractivity (Wildman–Crippen MR) is 112 cm³/mol. The minimum absolute atomic E-state index is 0.0192. The van der Waals surface area contributed by atoms with Crippen LogP contribution in [0.5, 0.6) is 0 Å². The molecule has 0 saturated carbocycles. The van der Waals surface area contributed by atoms with E-state index in [1.807, 2.05) is 43.1 Å². The van der Waals surface area contributed by atoms with Gasteiger partial charge in [-0.25, -0.2) is 0 Å². The fraction of sp³-hybridized carbons (Fsp3) is 0.435. The summed E-state index contributed by atoms with van der Waals surface area (Å²) in [6.45, 7) is 4.60. The number of likely N-dealkylation sites (tertiary alicyclic amines) is 1. The number of furan rings is 1. The number of ketones is 1. The number of amides is 1. The van der Waals surface area contributed by atoms with Crippen molar-refractivity contribution in [3.05, 3.63) is 53.0 Å². The Morgan fingerprint density at radius 1 is 1.27 bits per heavy atom. The van der Waals surface area contributed by atoms with Gasteiger partial charge in [0, 0.05) is 44.2 Å². The van der Waals surface area contributed by atoms with E-state index in [0.29, 0.717) is 24.2 Å². The highest BCUT2D eigenvalue weighted by atomic mass is 16.3. The molecule has 7 nitrogen and oxygen atoms in total. The molecule has 3 heterocycles. The molecule has 1 unspecified atom stereocenters. The third-order valence-corrected chi connectivity index (χ3v) is 6.10. The number of benzene rings is 1. The summed E-state index contributed by atoms with van der Waals surface area (Å²) in [5.74, 6) is 0.166. The van der Waals surface area contributed by atoms with Crippen molar-refractivity contribution in [1.29, 1.82) is 0 Å². The second-order valence-corrected chi connectivity index (χ2v) is 8.19. The molecule has 1 N–H and O–H groups in total. The Hall–Kier alpha value is -2.93. The Morgan fingerprint density at radius 3 is 2.63 bits per heavy atom. The van der Waals surface area contributed by atoms with Crippen molar-refractivity contribution in [2.75, 3.05) is 13.1 Å². The second kappa shape index (κ2) is 8.07. The molecular weight excluding hydrogens is 382 g/mol. The maximum absolute atomic E-state index is 13.0. The average molecular weight is 409 g/mol. The number of Topliss-reactive ketones (excluding diaryl/α,β-unsaturated/α-hetero) is 1. The quantitative estimate of drug-likeness (QED) is 0.654. The van der Waals surface area contributed by atoms with Crippen LogP contribution >= 0.6 is 0 Å². The van der Waals surface area contributed by atoms with Crippen LogP contribution in [-0.2, 0) is 18.3 Å². The van der Waals surface area contributed by atoms with Crippen LogP contribution in [0.2, 0.25) is 0 Å². The molecule has 2 aromatic heterocycles. The summed E-state index contributed by atoms with van der Waals surface area (Å²) >= 11 is 0. The predicted octanol–water partition coefficient (Wildman–Crippen LogP) is 3.19. The normalized spacial score (nSPS) is 16.2. The van der Waals surface area contributed by atoms with Crippen LogP contribution in [0, 0.1) is 12.8 Å². The van der Waals surface area contributed by atoms with Gasteiger partial charge in [0.2, 0.25) is 5.91 Å². The largest absolute Gasteiger partial charge is 0.453 e. The van der Waals surface area contributed by atoms with E-state index in [9.17, 15) is 14.7 Å². The summed E-state index contributed by atoms with van der Waals surface area (Å²) < 4.78 is 7.46. The summed E-state index contributed by atoms with van der Waals surface area (Å²) in [4.78, 5) is 26.9. The van der Waals surface area contributed by atoms with E-state index in [1.54, 1.807) is 10.9 Å². The molecule has 4 rings (SSSR count). The minimum atomic E-state index is -0.583. The van der Waals surface area contributed by atoms with Gasteiger partial charge in [0.25, 0.3) is 0 Å². The fourth-order valence-electron chi connectivity index (χ4n) is 4.36. The molecule has 1 fully saturated rings. The van der Waals surface area contributed by atoms with E-state index in [4.69, 9.17) is 4.42 Å². The van der Waals surface area contributed by atoms with Crippen molar-refractivity contribution >= 4 is 22.7 Å². The van der Waals surface area contributed by atoms with Crippen molar-refractivity contribution in [2.45, 2.75) is 39.2 Å². The number of carbonyl (C=O) groups excluding carboxylic acids is 2. The van der Waals surface area contributed by atoms with Crippen LogP contribution in [0.4, 0.5) is 0 Å². The average Bonchev–Trinajstić information content (AvgIpc) is 3.31. The Morgan fingerprint density at radius 2 is 2.00 bits per heavy atom. The molecule has 0 bridgehead atoms. The molecular formula is C23H27N3O4. The minimum Gasteiger partial charge on any atom is -0.453 e. The maximum atomic E-state index is 13.0. The zero-order chi connectivity index (χ0) is 21.4. The lowest BCUT2D eigenvalue weighted by molar-refractivity contribution is -0.132. The fourth-order valence-corrected chi connectivity index (χ4v) is 4.36. The first-order chi connectivity index (χ1) is 14.3. The van der Waals surface area contributed by atoms with Gasteiger partial charge in [-0.2, -0.15) is 5.10 Å². The molecule has 1 amide bonds. The van der Waals surface area contributed by atoms with Crippen LogP contribution in [-0.4, -0.2) is 44.6 Å². The number of aliphatic hydroxyl groups is 1. The Kier molecular flexibility index (Phi) is 5.47. The second-order valence-electron chi connectivity index (χ2n) is 8.19. The molecule has 0 radical (unpaired) electrons. The lowest BCUT2D eigenvalue weighted by Crippen LogP contribution is -2.40. The summed E-state index contributed by atoms with van der Waals surface area (Å²) in [5.41, 5.74) is 3.14. The first-order valence-corrected chi connectivity index (χ1v) is 10.3. The van der Waals surface area contributed by atoms with Crippen molar-refractivity contribution in [1.82, 2.24) is 14.7 Å². The number of piperidine rings is 1. The SMILES string of the molecule is CC(=O)c1oc2cc(C)ccc2c1CC(=O)N1CCC(C(O)c2ccnn2C)CC1. The molecule has 1 aromatic carbocycles. The van der Waals surface area contributed by atoms with Crippen molar-refractivity contribution in [3.8, 4) is 0 Å². The standard InChI is InChI=1S/C23H27N3O4/c1-14-4-5-17-18(23(15(2)27)30-20(17)12-14)13-21(28)26-10-7-16(8-11-26)22(29)19-6-9-24-25(19)3/h4-6,9,12,16,22,29H,7-8,10-11,13H2,1-3H3. The number of aromatic nitrogens is 2.